The van der Waals surface area contributed by atoms with Gasteiger partial charge in [0.15, 0.2) is 0 Å². The van der Waals surface area contributed by atoms with Gasteiger partial charge in [-0.2, -0.15) is 0 Å². The van der Waals surface area contributed by atoms with Gasteiger partial charge in [-0.15, -0.1) is 11.3 Å². The zero-order valence-electron chi connectivity index (χ0n) is 12.2. The first-order valence-electron chi connectivity index (χ1n) is 7.06. The predicted octanol–water partition coefficient (Wildman–Crippen LogP) is 4.28. The first-order chi connectivity index (χ1) is 10.2. The Kier molecular flexibility index (Phi) is 3.80. The molecular weight excluding hydrogens is 280 g/mol. The van der Waals surface area contributed by atoms with Crippen molar-refractivity contribution in [1.29, 1.82) is 0 Å². The number of nitrogens with one attached hydrogen (secondary N) is 1. The molecule has 1 N–H and O–H groups in total. The van der Waals surface area contributed by atoms with E-state index in [2.05, 4.69) is 24.9 Å². The normalized spacial score (nSPS) is 11.2. The number of aromatic amines is 1. The molecule has 0 radical (unpaired) electrons. The Morgan fingerprint density at radius 2 is 2.10 bits per heavy atom. The van der Waals surface area contributed by atoms with Crippen molar-refractivity contribution in [3.05, 3.63) is 58.4 Å². The van der Waals surface area contributed by atoms with Crippen LogP contribution < -0.4 is 0 Å². The summed E-state index contributed by atoms with van der Waals surface area (Å²) in [6.45, 7) is 4.77. The van der Waals surface area contributed by atoms with E-state index in [4.69, 9.17) is 0 Å². The molecule has 108 valence electrons. The van der Waals surface area contributed by atoms with Gasteiger partial charge in [0.1, 0.15) is 0 Å². The molecular formula is C17H18N2OS. The molecule has 0 spiro atoms. The third-order valence-corrected chi connectivity index (χ3v) is 4.47. The topological polar surface area (TPSA) is 36.1 Å². The Morgan fingerprint density at radius 1 is 1.24 bits per heavy atom. The van der Waals surface area contributed by atoms with Crippen molar-refractivity contribution in [2.45, 2.75) is 26.4 Å². The minimum atomic E-state index is 0.0754. The molecule has 0 bridgehead atoms. The molecule has 2 heterocycles. The molecule has 0 aliphatic heterocycles. The number of thiophene rings is 1. The lowest BCUT2D eigenvalue weighted by Crippen LogP contribution is -2.36. The van der Waals surface area contributed by atoms with Gasteiger partial charge < -0.3 is 9.88 Å². The smallest absolute Gasteiger partial charge is 0.256 e. The van der Waals surface area contributed by atoms with E-state index < -0.39 is 0 Å². The number of hydrogen-bond donors (Lipinski definition) is 1. The molecule has 3 rings (SSSR count). The zero-order chi connectivity index (χ0) is 14.8. The largest absolute Gasteiger partial charge is 0.361 e. The highest BCUT2D eigenvalue weighted by Crippen LogP contribution is 2.22. The molecule has 0 atom stereocenters. The molecule has 0 saturated heterocycles. The number of carbonyl (C=O) groups excluding carboxylic acids is 1. The van der Waals surface area contributed by atoms with Crippen molar-refractivity contribution in [2.24, 2.45) is 0 Å². The Bertz CT molecular complexity index is 743. The fraction of sp³-hybridized carbons (Fsp3) is 0.235. The number of aromatic nitrogens is 1. The van der Waals surface area contributed by atoms with Crippen LogP contribution in [0.3, 0.4) is 0 Å². The van der Waals surface area contributed by atoms with Crippen LogP contribution in [0.15, 0.2) is 48.0 Å². The van der Waals surface area contributed by atoms with E-state index in [1.165, 1.54) is 4.88 Å². The van der Waals surface area contributed by atoms with Crippen LogP contribution in [0.2, 0.25) is 0 Å². The summed E-state index contributed by atoms with van der Waals surface area (Å²) >= 11 is 1.68. The second-order valence-corrected chi connectivity index (χ2v) is 6.39. The van der Waals surface area contributed by atoms with E-state index in [0.717, 1.165) is 16.5 Å². The molecule has 0 aliphatic rings. The number of amides is 1. The molecule has 21 heavy (non-hydrogen) atoms. The number of H-pyrrole nitrogens is 1. The highest BCUT2D eigenvalue weighted by atomic mass is 32.1. The van der Waals surface area contributed by atoms with Crippen LogP contribution in [0, 0.1) is 0 Å². The number of rotatable bonds is 4. The SMILES string of the molecule is CC(C)N(Cc1cccs1)C(=O)c1cccc2cc[nH]c12. The molecule has 2 aromatic heterocycles. The lowest BCUT2D eigenvalue weighted by molar-refractivity contribution is 0.0694. The maximum atomic E-state index is 12.9. The van der Waals surface area contributed by atoms with Gasteiger partial charge in [0.25, 0.3) is 5.91 Å². The number of carbonyl (C=O) groups is 1. The monoisotopic (exact) mass is 298 g/mol. The van der Waals surface area contributed by atoms with E-state index in [1.54, 1.807) is 11.3 Å². The zero-order valence-corrected chi connectivity index (χ0v) is 13.0. The van der Waals surface area contributed by atoms with Crippen LogP contribution >= 0.6 is 11.3 Å². The van der Waals surface area contributed by atoms with Gasteiger partial charge in [0.05, 0.1) is 17.6 Å². The Hall–Kier alpha value is -2.07. The van der Waals surface area contributed by atoms with E-state index in [-0.39, 0.29) is 11.9 Å². The summed E-state index contributed by atoms with van der Waals surface area (Å²) in [5.74, 6) is 0.0754. The van der Waals surface area contributed by atoms with Gasteiger partial charge in [-0.05, 0) is 37.4 Å². The summed E-state index contributed by atoms with van der Waals surface area (Å²) in [4.78, 5) is 19.2. The highest BCUT2D eigenvalue weighted by molar-refractivity contribution is 7.09. The van der Waals surface area contributed by atoms with E-state index >= 15 is 0 Å². The molecule has 1 amide bonds. The third kappa shape index (κ3) is 2.72. The van der Waals surface area contributed by atoms with Crippen LogP contribution in [0.1, 0.15) is 29.1 Å². The standard InChI is InChI=1S/C17H18N2OS/c1-12(2)19(11-14-6-4-10-21-14)17(20)15-7-3-5-13-8-9-18-16(13)15/h3-10,12,18H,11H2,1-2H3. The Morgan fingerprint density at radius 3 is 2.81 bits per heavy atom. The number of para-hydroxylation sites is 1. The molecule has 1 aromatic carbocycles. The highest BCUT2D eigenvalue weighted by Gasteiger charge is 2.21. The van der Waals surface area contributed by atoms with Crippen molar-refractivity contribution < 1.29 is 4.79 Å². The Balaban J connectivity index is 1.95. The summed E-state index contributed by atoms with van der Waals surface area (Å²) in [6, 6.07) is 12.1. The summed E-state index contributed by atoms with van der Waals surface area (Å²) in [5.41, 5.74) is 1.65. The molecule has 0 fully saturated rings. The third-order valence-electron chi connectivity index (χ3n) is 3.61. The number of nitrogens with zero attached hydrogens (tertiary/aromatic N) is 1. The number of fused-ring (bicyclic) bond motifs is 1. The average molecular weight is 298 g/mol. The van der Waals surface area contributed by atoms with Crippen molar-refractivity contribution in [1.82, 2.24) is 9.88 Å². The van der Waals surface area contributed by atoms with Crippen molar-refractivity contribution in [3.63, 3.8) is 0 Å². The molecule has 3 nitrogen and oxygen atoms in total. The molecule has 0 unspecified atom stereocenters. The molecule has 0 aliphatic carbocycles. The Labute approximate surface area is 128 Å². The fourth-order valence-electron chi connectivity index (χ4n) is 2.48. The van der Waals surface area contributed by atoms with E-state index in [1.807, 2.05) is 46.8 Å². The summed E-state index contributed by atoms with van der Waals surface area (Å²) < 4.78 is 0. The second-order valence-electron chi connectivity index (χ2n) is 5.35. The van der Waals surface area contributed by atoms with E-state index in [9.17, 15) is 4.79 Å². The fourth-order valence-corrected chi connectivity index (χ4v) is 3.18. The average Bonchev–Trinajstić information content (AvgIpc) is 3.14. The number of hydrogen-bond acceptors (Lipinski definition) is 2. The lowest BCUT2D eigenvalue weighted by Gasteiger charge is -2.26. The van der Waals surface area contributed by atoms with Gasteiger partial charge in [0.2, 0.25) is 0 Å². The van der Waals surface area contributed by atoms with E-state index in [0.29, 0.717) is 6.54 Å². The van der Waals surface area contributed by atoms with Gasteiger partial charge in [-0.3, -0.25) is 4.79 Å². The van der Waals surface area contributed by atoms with Crippen LogP contribution in [-0.4, -0.2) is 21.8 Å². The predicted molar refractivity (Wildman–Crippen MR) is 87.6 cm³/mol. The van der Waals surface area contributed by atoms with Gasteiger partial charge in [0, 0.05) is 22.5 Å². The molecule has 3 aromatic rings. The molecule has 4 heteroatoms. The summed E-state index contributed by atoms with van der Waals surface area (Å²) in [6.07, 6.45) is 1.88. The maximum Gasteiger partial charge on any atom is 0.256 e. The van der Waals surface area contributed by atoms with Gasteiger partial charge in [-0.1, -0.05) is 18.2 Å². The van der Waals surface area contributed by atoms with Crippen molar-refractivity contribution >= 4 is 28.1 Å². The van der Waals surface area contributed by atoms with Crippen LogP contribution in [0.5, 0.6) is 0 Å². The summed E-state index contributed by atoms with van der Waals surface area (Å²) in [7, 11) is 0. The van der Waals surface area contributed by atoms with Crippen LogP contribution in [0.25, 0.3) is 10.9 Å². The first kappa shape index (κ1) is 13.9. The minimum Gasteiger partial charge on any atom is -0.361 e. The van der Waals surface area contributed by atoms with Crippen molar-refractivity contribution in [2.75, 3.05) is 0 Å². The van der Waals surface area contributed by atoms with Crippen LogP contribution in [0.4, 0.5) is 0 Å². The van der Waals surface area contributed by atoms with Gasteiger partial charge in [-0.25, -0.2) is 0 Å². The quantitative estimate of drug-likeness (QED) is 0.766. The van der Waals surface area contributed by atoms with Crippen LogP contribution in [-0.2, 0) is 6.54 Å². The lowest BCUT2D eigenvalue weighted by atomic mass is 10.1. The minimum absolute atomic E-state index is 0.0754. The number of benzene rings is 1. The first-order valence-corrected chi connectivity index (χ1v) is 7.94. The summed E-state index contributed by atoms with van der Waals surface area (Å²) in [5, 5.41) is 3.12. The molecule has 0 saturated carbocycles. The van der Waals surface area contributed by atoms with Crippen molar-refractivity contribution in [3.8, 4) is 0 Å². The second kappa shape index (κ2) is 5.74. The maximum absolute atomic E-state index is 12.9. The van der Waals surface area contributed by atoms with Gasteiger partial charge >= 0.3 is 0 Å².